The third kappa shape index (κ3) is 3.61. The summed E-state index contributed by atoms with van der Waals surface area (Å²) in [7, 11) is 0. The van der Waals surface area contributed by atoms with Crippen molar-refractivity contribution in [1.82, 2.24) is 10.1 Å². The molecule has 1 aromatic carbocycles. The van der Waals surface area contributed by atoms with Gasteiger partial charge in [0, 0.05) is 25.6 Å². The molecule has 2 N–H and O–H groups in total. The lowest BCUT2D eigenvalue weighted by Crippen LogP contribution is -2.30. The lowest BCUT2D eigenvalue weighted by atomic mass is 10.0. The number of hydrogen-bond acceptors (Lipinski definition) is 5. The largest absolute Gasteiger partial charge is 0.338 e. The van der Waals surface area contributed by atoms with Crippen molar-refractivity contribution in [1.29, 1.82) is 0 Å². The molecule has 1 unspecified atom stereocenters. The number of nitrogens with two attached hydrogens (primary N) is 1. The predicted molar refractivity (Wildman–Crippen MR) is 82.1 cm³/mol. The first-order valence-corrected chi connectivity index (χ1v) is 7.71. The van der Waals surface area contributed by atoms with Crippen molar-refractivity contribution in [2.45, 2.75) is 38.1 Å². The zero-order chi connectivity index (χ0) is 14.5. The van der Waals surface area contributed by atoms with Gasteiger partial charge in [-0.2, -0.15) is 4.98 Å². The van der Waals surface area contributed by atoms with Crippen LogP contribution < -0.4 is 10.6 Å². The Morgan fingerprint density at radius 1 is 1.14 bits per heavy atom. The molecule has 0 saturated carbocycles. The Kier molecular flexibility index (Phi) is 4.50. The summed E-state index contributed by atoms with van der Waals surface area (Å²) in [5, 5.41) is 4.09. The summed E-state index contributed by atoms with van der Waals surface area (Å²) in [6.07, 6.45) is 5.25. The second kappa shape index (κ2) is 6.72. The third-order valence-corrected chi connectivity index (χ3v) is 3.99. The molecule has 0 bridgehead atoms. The molecule has 0 amide bonds. The van der Waals surface area contributed by atoms with E-state index in [1.807, 2.05) is 18.2 Å². The molecule has 112 valence electrons. The maximum atomic E-state index is 6.19. The Bertz CT molecular complexity index is 548. The normalized spacial score (nSPS) is 16.9. The highest BCUT2D eigenvalue weighted by Crippen LogP contribution is 2.19. The van der Waals surface area contributed by atoms with E-state index in [1.54, 1.807) is 0 Å². The highest BCUT2D eigenvalue weighted by molar-refractivity contribution is 5.28. The standard InChI is InChI=1S/C16H22N4O/c17-14(13-7-3-1-4-8-13)9-10-15-18-16(19-21-15)20-11-5-2-6-12-20/h1,3-4,7-8,14H,2,5-6,9-12,17H2. The first-order chi connectivity index (χ1) is 10.3. The number of aromatic nitrogens is 2. The van der Waals surface area contributed by atoms with E-state index in [4.69, 9.17) is 10.3 Å². The zero-order valence-corrected chi connectivity index (χ0v) is 12.2. The second-order valence-corrected chi connectivity index (χ2v) is 5.59. The summed E-state index contributed by atoms with van der Waals surface area (Å²) in [5.74, 6) is 1.42. The molecule has 21 heavy (non-hydrogen) atoms. The highest BCUT2D eigenvalue weighted by Gasteiger charge is 2.17. The lowest BCUT2D eigenvalue weighted by molar-refractivity contribution is 0.369. The van der Waals surface area contributed by atoms with E-state index < -0.39 is 0 Å². The quantitative estimate of drug-likeness (QED) is 0.915. The minimum Gasteiger partial charge on any atom is -0.338 e. The number of hydrogen-bond donors (Lipinski definition) is 1. The van der Waals surface area contributed by atoms with E-state index in [0.29, 0.717) is 5.89 Å². The number of benzene rings is 1. The van der Waals surface area contributed by atoms with Crippen molar-refractivity contribution in [3.8, 4) is 0 Å². The monoisotopic (exact) mass is 286 g/mol. The fraction of sp³-hybridized carbons (Fsp3) is 0.500. The number of piperidine rings is 1. The molecule has 0 aliphatic carbocycles. The van der Waals surface area contributed by atoms with E-state index in [2.05, 4.69) is 27.2 Å². The van der Waals surface area contributed by atoms with Crippen LogP contribution >= 0.6 is 0 Å². The molecule has 1 aliphatic rings. The van der Waals surface area contributed by atoms with E-state index >= 15 is 0 Å². The van der Waals surface area contributed by atoms with Gasteiger partial charge in [0.25, 0.3) is 5.95 Å². The van der Waals surface area contributed by atoms with Gasteiger partial charge >= 0.3 is 0 Å². The maximum Gasteiger partial charge on any atom is 0.266 e. The fourth-order valence-electron chi connectivity index (χ4n) is 2.72. The molecule has 3 rings (SSSR count). The van der Waals surface area contributed by atoms with Gasteiger partial charge in [0.1, 0.15) is 0 Å². The van der Waals surface area contributed by atoms with Crippen LogP contribution in [-0.2, 0) is 6.42 Å². The molecule has 1 fully saturated rings. The van der Waals surface area contributed by atoms with Crippen LogP contribution in [0.25, 0.3) is 0 Å². The molecular formula is C16H22N4O. The number of anilines is 1. The topological polar surface area (TPSA) is 68.2 Å². The Hall–Kier alpha value is -1.88. The van der Waals surface area contributed by atoms with Gasteiger partial charge in [-0.25, -0.2) is 0 Å². The van der Waals surface area contributed by atoms with Crippen molar-refractivity contribution in [2.24, 2.45) is 5.73 Å². The molecule has 5 nitrogen and oxygen atoms in total. The number of aryl methyl sites for hydroxylation is 1. The van der Waals surface area contributed by atoms with Crippen molar-refractivity contribution in [2.75, 3.05) is 18.0 Å². The smallest absolute Gasteiger partial charge is 0.266 e. The van der Waals surface area contributed by atoms with E-state index in [-0.39, 0.29) is 6.04 Å². The molecule has 0 radical (unpaired) electrons. The Morgan fingerprint density at radius 3 is 2.67 bits per heavy atom. The van der Waals surface area contributed by atoms with Crippen LogP contribution in [0, 0.1) is 0 Å². The lowest BCUT2D eigenvalue weighted by Gasteiger charge is -2.24. The van der Waals surface area contributed by atoms with Crippen LogP contribution in [0.15, 0.2) is 34.9 Å². The van der Waals surface area contributed by atoms with Crippen molar-refractivity contribution >= 4 is 5.95 Å². The number of nitrogens with zero attached hydrogens (tertiary/aromatic N) is 3. The van der Waals surface area contributed by atoms with Crippen molar-refractivity contribution < 1.29 is 4.52 Å². The molecule has 2 aromatic rings. The molecule has 1 saturated heterocycles. The van der Waals surface area contributed by atoms with Crippen LogP contribution in [0.5, 0.6) is 0 Å². The second-order valence-electron chi connectivity index (χ2n) is 5.59. The van der Waals surface area contributed by atoms with Gasteiger partial charge in [0.2, 0.25) is 5.89 Å². The van der Waals surface area contributed by atoms with Crippen LogP contribution in [-0.4, -0.2) is 23.2 Å². The Balaban J connectivity index is 1.55. The third-order valence-electron chi connectivity index (χ3n) is 3.99. The summed E-state index contributed by atoms with van der Waals surface area (Å²) in [5.41, 5.74) is 7.34. The van der Waals surface area contributed by atoms with Gasteiger partial charge in [-0.1, -0.05) is 30.3 Å². The minimum absolute atomic E-state index is 0.0107. The molecule has 2 heterocycles. The summed E-state index contributed by atoms with van der Waals surface area (Å²) in [6.45, 7) is 2.06. The summed E-state index contributed by atoms with van der Waals surface area (Å²) < 4.78 is 5.35. The average molecular weight is 286 g/mol. The highest BCUT2D eigenvalue weighted by atomic mass is 16.5. The minimum atomic E-state index is 0.0107. The van der Waals surface area contributed by atoms with E-state index in [9.17, 15) is 0 Å². The first kappa shape index (κ1) is 14.1. The maximum absolute atomic E-state index is 6.19. The van der Waals surface area contributed by atoms with Crippen LogP contribution in [0.1, 0.15) is 43.2 Å². The van der Waals surface area contributed by atoms with Gasteiger partial charge in [-0.3, -0.25) is 0 Å². The average Bonchev–Trinajstić information content (AvgIpc) is 3.03. The summed E-state index contributed by atoms with van der Waals surface area (Å²) >= 11 is 0. The molecular weight excluding hydrogens is 264 g/mol. The molecule has 1 aromatic heterocycles. The fourth-order valence-corrected chi connectivity index (χ4v) is 2.72. The SMILES string of the molecule is NC(CCc1nc(N2CCCCC2)no1)c1ccccc1. The van der Waals surface area contributed by atoms with Gasteiger partial charge in [0.15, 0.2) is 0 Å². The van der Waals surface area contributed by atoms with Crippen molar-refractivity contribution in [3.05, 3.63) is 41.8 Å². The molecule has 1 aliphatic heterocycles. The number of rotatable bonds is 5. The van der Waals surface area contributed by atoms with Crippen LogP contribution in [0.2, 0.25) is 0 Å². The zero-order valence-electron chi connectivity index (χ0n) is 12.2. The van der Waals surface area contributed by atoms with E-state index in [1.165, 1.54) is 19.3 Å². The molecule has 5 heteroatoms. The Morgan fingerprint density at radius 2 is 1.90 bits per heavy atom. The molecule has 0 spiro atoms. The van der Waals surface area contributed by atoms with Gasteiger partial charge in [-0.05, 0) is 36.4 Å². The van der Waals surface area contributed by atoms with Crippen LogP contribution in [0.4, 0.5) is 5.95 Å². The van der Waals surface area contributed by atoms with Gasteiger partial charge in [-0.15, -0.1) is 0 Å². The van der Waals surface area contributed by atoms with E-state index in [0.717, 1.165) is 37.4 Å². The van der Waals surface area contributed by atoms with Crippen molar-refractivity contribution in [3.63, 3.8) is 0 Å². The Labute approximate surface area is 125 Å². The first-order valence-electron chi connectivity index (χ1n) is 7.71. The van der Waals surface area contributed by atoms with Gasteiger partial charge < -0.3 is 15.2 Å². The molecule has 1 atom stereocenters. The summed E-state index contributed by atoms with van der Waals surface area (Å²) in [6, 6.07) is 10.1. The van der Waals surface area contributed by atoms with Gasteiger partial charge in [0.05, 0.1) is 0 Å². The van der Waals surface area contributed by atoms with Crippen LogP contribution in [0.3, 0.4) is 0 Å². The predicted octanol–water partition coefficient (Wildman–Crippen LogP) is 2.69. The summed E-state index contributed by atoms with van der Waals surface area (Å²) in [4.78, 5) is 6.69.